The Hall–Kier alpha value is -2.91. The first-order valence-electron chi connectivity index (χ1n) is 6.94. The van der Waals surface area contributed by atoms with Crippen LogP contribution in [0.2, 0.25) is 0 Å². The molecule has 0 radical (unpaired) electrons. The number of nitriles is 1. The maximum absolute atomic E-state index is 12.3. The molecule has 0 fully saturated rings. The summed E-state index contributed by atoms with van der Waals surface area (Å²) in [5, 5.41) is 21.6. The second kappa shape index (κ2) is 7.57. The second-order valence-electron chi connectivity index (χ2n) is 4.93. The molecule has 0 bridgehead atoms. The number of nitrogens with one attached hydrogen (secondary N) is 1. The third kappa shape index (κ3) is 4.09. The number of para-hydroxylation sites is 1. The van der Waals surface area contributed by atoms with Crippen molar-refractivity contribution in [1.29, 1.82) is 5.26 Å². The Morgan fingerprint density at radius 3 is 2.62 bits per heavy atom. The van der Waals surface area contributed by atoms with Gasteiger partial charge in [-0.05, 0) is 43.3 Å². The SMILES string of the molecule is CC(=O)c1ccccc1NC(=O)/C(C#N)=C\c1cc(Br)ccc1O. The Morgan fingerprint density at radius 1 is 1.25 bits per heavy atom. The molecule has 5 nitrogen and oxygen atoms in total. The van der Waals surface area contributed by atoms with E-state index >= 15 is 0 Å². The van der Waals surface area contributed by atoms with Crippen LogP contribution in [-0.4, -0.2) is 16.8 Å². The Morgan fingerprint density at radius 2 is 1.96 bits per heavy atom. The molecule has 2 rings (SSSR count). The number of amides is 1. The molecule has 2 aromatic carbocycles. The number of aromatic hydroxyl groups is 1. The lowest BCUT2D eigenvalue weighted by Crippen LogP contribution is -2.15. The number of benzene rings is 2. The minimum absolute atomic E-state index is 0.0529. The Bertz CT molecular complexity index is 882. The smallest absolute Gasteiger partial charge is 0.266 e. The molecular formula is C18H13BrN2O3. The van der Waals surface area contributed by atoms with Gasteiger partial charge in [-0.2, -0.15) is 5.26 Å². The zero-order chi connectivity index (χ0) is 17.7. The Labute approximate surface area is 147 Å². The number of rotatable bonds is 4. The van der Waals surface area contributed by atoms with Crippen LogP contribution in [0.3, 0.4) is 0 Å². The van der Waals surface area contributed by atoms with E-state index in [0.717, 1.165) is 0 Å². The van der Waals surface area contributed by atoms with E-state index in [0.29, 0.717) is 21.3 Å². The monoisotopic (exact) mass is 384 g/mol. The van der Waals surface area contributed by atoms with E-state index in [9.17, 15) is 20.0 Å². The first-order chi connectivity index (χ1) is 11.4. The topological polar surface area (TPSA) is 90.2 Å². The van der Waals surface area contributed by atoms with E-state index < -0.39 is 5.91 Å². The molecule has 0 spiro atoms. The summed E-state index contributed by atoms with van der Waals surface area (Å²) in [6, 6.07) is 13.0. The summed E-state index contributed by atoms with van der Waals surface area (Å²) < 4.78 is 0.700. The van der Waals surface area contributed by atoms with E-state index in [1.807, 2.05) is 0 Å². The van der Waals surface area contributed by atoms with Gasteiger partial charge in [0.05, 0.1) is 5.69 Å². The lowest BCUT2D eigenvalue weighted by Gasteiger charge is -2.08. The van der Waals surface area contributed by atoms with Gasteiger partial charge in [0.25, 0.3) is 5.91 Å². The van der Waals surface area contributed by atoms with Gasteiger partial charge in [-0.3, -0.25) is 9.59 Å². The molecule has 0 aliphatic rings. The summed E-state index contributed by atoms with van der Waals surface area (Å²) in [4.78, 5) is 23.9. The fraction of sp³-hybridized carbons (Fsp3) is 0.0556. The highest BCUT2D eigenvalue weighted by Gasteiger charge is 2.14. The zero-order valence-corrected chi connectivity index (χ0v) is 14.3. The lowest BCUT2D eigenvalue weighted by molar-refractivity contribution is -0.112. The summed E-state index contributed by atoms with van der Waals surface area (Å²) in [5.41, 5.74) is 0.820. The molecule has 0 saturated carbocycles. The average Bonchev–Trinajstić information content (AvgIpc) is 2.55. The Balaban J connectivity index is 2.34. The third-order valence-corrected chi connectivity index (χ3v) is 3.70. The van der Waals surface area contributed by atoms with Crippen LogP contribution < -0.4 is 5.32 Å². The molecule has 0 heterocycles. The number of hydrogen-bond acceptors (Lipinski definition) is 4. The van der Waals surface area contributed by atoms with Gasteiger partial charge in [0, 0.05) is 15.6 Å². The fourth-order valence-electron chi connectivity index (χ4n) is 2.03. The van der Waals surface area contributed by atoms with Crippen LogP contribution in [-0.2, 0) is 4.79 Å². The van der Waals surface area contributed by atoms with Crippen LogP contribution in [0.25, 0.3) is 6.08 Å². The van der Waals surface area contributed by atoms with E-state index in [1.54, 1.807) is 42.5 Å². The highest BCUT2D eigenvalue weighted by molar-refractivity contribution is 9.10. The number of phenols is 1. The van der Waals surface area contributed by atoms with Crippen LogP contribution in [0, 0.1) is 11.3 Å². The van der Waals surface area contributed by atoms with Crippen LogP contribution in [0.15, 0.2) is 52.5 Å². The summed E-state index contributed by atoms with van der Waals surface area (Å²) in [6.45, 7) is 1.39. The van der Waals surface area contributed by atoms with Crippen molar-refractivity contribution in [3.8, 4) is 11.8 Å². The van der Waals surface area contributed by atoms with Crippen molar-refractivity contribution >= 4 is 39.4 Å². The van der Waals surface area contributed by atoms with Gasteiger partial charge >= 0.3 is 0 Å². The van der Waals surface area contributed by atoms with Crippen molar-refractivity contribution in [2.24, 2.45) is 0 Å². The predicted octanol–water partition coefficient (Wildman–Crippen LogP) is 3.90. The molecule has 24 heavy (non-hydrogen) atoms. The normalized spacial score (nSPS) is 10.8. The van der Waals surface area contributed by atoms with Gasteiger partial charge in [0.2, 0.25) is 0 Å². The van der Waals surface area contributed by atoms with Crippen molar-refractivity contribution < 1.29 is 14.7 Å². The van der Waals surface area contributed by atoms with Crippen LogP contribution in [0.1, 0.15) is 22.8 Å². The van der Waals surface area contributed by atoms with Gasteiger partial charge in [0.1, 0.15) is 17.4 Å². The zero-order valence-electron chi connectivity index (χ0n) is 12.7. The largest absolute Gasteiger partial charge is 0.507 e. The number of halogens is 1. The van der Waals surface area contributed by atoms with E-state index in [-0.39, 0.29) is 17.1 Å². The fourth-order valence-corrected chi connectivity index (χ4v) is 2.41. The van der Waals surface area contributed by atoms with Crippen LogP contribution >= 0.6 is 15.9 Å². The van der Waals surface area contributed by atoms with E-state index in [4.69, 9.17) is 0 Å². The number of hydrogen-bond donors (Lipinski definition) is 2. The standard InChI is InChI=1S/C18H13BrN2O3/c1-11(22)15-4-2-3-5-16(15)21-18(24)13(10-20)8-12-9-14(19)6-7-17(12)23/h2-9,23H,1H3,(H,21,24)/b13-8-. The van der Waals surface area contributed by atoms with Gasteiger partial charge in [-0.1, -0.05) is 28.1 Å². The van der Waals surface area contributed by atoms with Crippen molar-refractivity contribution in [2.45, 2.75) is 6.92 Å². The van der Waals surface area contributed by atoms with Gasteiger partial charge < -0.3 is 10.4 Å². The van der Waals surface area contributed by atoms with E-state index in [2.05, 4.69) is 21.2 Å². The molecule has 0 saturated heterocycles. The number of ketones is 1. The number of carbonyl (C=O) groups excluding carboxylic acids is 2. The van der Waals surface area contributed by atoms with Gasteiger partial charge in [-0.25, -0.2) is 0 Å². The van der Waals surface area contributed by atoms with E-state index in [1.165, 1.54) is 19.1 Å². The average molecular weight is 385 g/mol. The molecule has 120 valence electrons. The minimum Gasteiger partial charge on any atom is -0.507 e. The predicted molar refractivity (Wildman–Crippen MR) is 94.5 cm³/mol. The van der Waals surface area contributed by atoms with Crippen LogP contribution in [0.4, 0.5) is 5.69 Å². The maximum atomic E-state index is 12.3. The maximum Gasteiger partial charge on any atom is 0.266 e. The van der Waals surface area contributed by atoms with Crippen molar-refractivity contribution in [3.05, 3.63) is 63.6 Å². The molecule has 0 aliphatic heterocycles. The molecular weight excluding hydrogens is 372 g/mol. The minimum atomic E-state index is -0.662. The summed E-state index contributed by atoms with van der Waals surface area (Å²) in [7, 11) is 0. The second-order valence-corrected chi connectivity index (χ2v) is 5.84. The molecule has 0 atom stereocenters. The first kappa shape index (κ1) is 17.4. The van der Waals surface area contributed by atoms with Gasteiger partial charge in [0.15, 0.2) is 5.78 Å². The molecule has 0 aromatic heterocycles. The van der Waals surface area contributed by atoms with Crippen molar-refractivity contribution in [3.63, 3.8) is 0 Å². The highest BCUT2D eigenvalue weighted by Crippen LogP contribution is 2.24. The number of phenolic OH excluding ortho intramolecular Hbond substituents is 1. The molecule has 2 N–H and O–H groups in total. The first-order valence-corrected chi connectivity index (χ1v) is 7.73. The molecule has 0 aliphatic carbocycles. The Kier molecular flexibility index (Phi) is 5.51. The number of carbonyl (C=O) groups is 2. The van der Waals surface area contributed by atoms with Gasteiger partial charge in [-0.15, -0.1) is 0 Å². The van der Waals surface area contributed by atoms with Crippen LogP contribution in [0.5, 0.6) is 5.75 Å². The number of anilines is 1. The molecule has 2 aromatic rings. The summed E-state index contributed by atoms with van der Waals surface area (Å²) in [5.74, 6) is -0.911. The quantitative estimate of drug-likeness (QED) is 0.475. The third-order valence-electron chi connectivity index (χ3n) is 3.21. The lowest BCUT2D eigenvalue weighted by atomic mass is 10.1. The molecule has 6 heteroatoms. The molecule has 1 amide bonds. The molecule has 0 unspecified atom stereocenters. The summed E-state index contributed by atoms with van der Waals surface area (Å²) >= 11 is 3.26. The summed E-state index contributed by atoms with van der Waals surface area (Å²) in [6.07, 6.45) is 1.28. The number of Topliss-reactive ketones (excluding diaryl/α,β-unsaturated/α-hetero) is 1. The highest BCUT2D eigenvalue weighted by atomic mass is 79.9. The van der Waals surface area contributed by atoms with Crippen molar-refractivity contribution in [2.75, 3.05) is 5.32 Å². The number of nitrogens with zero attached hydrogens (tertiary/aromatic N) is 1. The van der Waals surface area contributed by atoms with Crippen molar-refractivity contribution in [1.82, 2.24) is 0 Å².